The molecule has 0 bridgehead atoms. The zero-order chi connectivity index (χ0) is 12.8. The zero-order valence-electron chi connectivity index (χ0n) is 10.2. The molecule has 1 aromatic carbocycles. The van der Waals surface area contributed by atoms with Gasteiger partial charge >= 0.3 is 0 Å². The van der Waals surface area contributed by atoms with Crippen LogP contribution in [0, 0.1) is 0 Å². The molecule has 0 aliphatic heterocycles. The summed E-state index contributed by atoms with van der Waals surface area (Å²) in [5.41, 5.74) is 6.83. The van der Waals surface area contributed by atoms with E-state index in [1.165, 1.54) is 0 Å². The average Bonchev–Trinajstić information content (AvgIpc) is 2.29. The van der Waals surface area contributed by atoms with E-state index in [1.54, 1.807) is 0 Å². The third-order valence-corrected chi connectivity index (χ3v) is 3.14. The van der Waals surface area contributed by atoms with Gasteiger partial charge in [0.15, 0.2) is 0 Å². The van der Waals surface area contributed by atoms with Gasteiger partial charge in [-0.2, -0.15) is 0 Å². The van der Waals surface area contributed by atoms with Gasteiger partial charge in [-0.25, -0.2) is 0 Å². The van der Waals surface area contributed by atoms with E-state index >= 15 is 0 Å². The van der Waals surface area contributed by atoms with E-state index in [2.05, 4.69) is 21.2 Å². The van der Waals surface area contributed by atoms with E-state index < -0.39 is 6.04 Å². The van der Waals surface area contributed by atoms with Crippen LogP contribution >= 0.6 is 15.9 Å². The van der Waals surface area contributed by atoms with Crippen LogP contribution in [0.15, 0.2) is 28.7 Å². The van der Waals surface area contributed by atoms with Crippen molar-refractivity contribution in [1.82, 2.24) is 5.32 Å². The van der Waals surface area contributed by atoms with Crippen molar-refractivity contribution in [3.05, 3.63) is 34.3 Å². The molecular weight excluding hydrogens is 280 g/mol. The summed E-state index contributed by atoms with van der Waals surface area (Å²) in [5, 5.41) is 2.92. The zero-order valence-corrected chi connectivity index (χ0v) is 11.8. The van der Waals surface area contributed by atoms with Gasteiger partial charge in [-0.3, -0.25) is 4.79 Å². The van der Waals surface area contributed by atoms with Crippen molar-refractivity contribution < 1.29 is 4.79 Å². The summed E-state index contributed by atoms with van der Waals surface area (Å²) < 4.78 is 1.01. The summed E-state index contributed by atoms with van der Waals surface area (Å²) in [4.78, 5) is 11.8. The minimum Gasteiger partial charge on any atom is -0.348 e. The lowest BCUT2D eigenvalue weighted by molar-refractivity contribution is -0.123. The molecule has 0 saturated heterocycles. The summed E-state index contributed by atoms with van der Waals surface area (Å²) in [5.74, 6) is -0.0840. The molecule has 0 heterocycles. The van der Waals surface area contributed by atoms with Crippen molar-refractivity contribution in [3.63, 3.8) is 0 Å². The molecule has 1 unspecified atom stereocenters. The van der Waals surface area contributed by atoms with Gasteiger partial charge < -0.3 is 11.1 Å². The summed E-state index contributed by atoms with van der Waals surface area (Å²) in [6.07, 6.45) is 1.64. The molecule has 0 aromatic heterocycles. The van der Waals surface area contributed by atoms with Gasteiger partial charge in [0.05, 0.1) is 12.1 Å². The molecule has 4 heteroatoms. The molecule has 0 fully saturated rings. The van der Waals surface area contributed by atoms with Crippen LogP contribution in [0.3, 0.4) is 0 Å². The Bertz CT molecular complexity index is 381. The molecule has 3 N–H and O–H groups in total. The molecule has 17 heavy (non-hydrogen) atoms. The summed E-state index contributed by atoms with van der Waals surface area (Å²) in [6.45, 7) is 3.98. The van der Waals surface area contributed by atoms with Crippen molar-refractivity contribution in [2.75, 3.05) is 0 Å². The Kier molecular flexibility index (Phi) is 5.65. The maximum atomic E-state index is 11.8. The fraction of sp³-hybridized carbons (Fsp3) is 0.462. The predicted molar refractivity (Wildman–Crippen MR) is 73.6 cm³/mol. The van der Waals surface area contributed by atoms with Crippen LogP contribution in [0.4, 0.5) is 0 Å². The first-order valence-corrected chi connectivity index (χ1v) is 6.65. The molecular formula is C13H19BrN2O. The first kappa shape index (κ1) is 14.2. The molecule has 94 valence electrons. The fourth-order valence-corrected chi connectivity index (χ4v) is 2.04. The number of carbonyl (C=O) groups is 1. The van der Waals surface area contributed by atoms with Crippen LogP contribution in [0.25, 0.3) is 0 Å². The Morgan fingerprint density at radius 1 is 1.53 bits per heavy atom. The Balaban J connectivity index is 2.60. The number of hydrogen-bond acceptors (Lipinski definition) is 2. The molecule has 0 aliphatic rings. The van der Waals surface area contributed by atoms with Crippen LogP contribution in [0.1, 0.15) is 38.3 Å². The number of nitrogens with two attached hydrogens (primary N) is 1. The highest BCUT2D eigenvalue weighted by molar-refractivity contribution is 9.10. The molecule has 0 saturated carbocycles. The largest absolute Gasteiger partial charge is 0.348 e. The number of halogens is 1. The maximum absolute atomic E-state index is 11.8. The Morgan fingerprint density at radius 2 is 2.24 bits per heavy atom. The summed E-state index contributed by atoms with van der Waals surface area (Å²) >= 11 is 3.41. The van der Waals surface area contributed by atoms with Crippen LogP contribution < -0.4 is 11.1 Å². The van der Waals surface area contributed by atoms with E-state index in [9.17, 15) is 4.79 Å². The predicted octanol–water partition coefficient (Wildman–Crippen LogP) is 2.75. The smallest absolute Gasteiger partial charge is 0.237 e. The van der Waals surface area contributed by atoms with Gasteiger partial charge in [-0.1, -0.05) is 41.4 Å². The highest BCUT2D eigenvalue weighted by atomic mass is 79.9. The van der Waals surface area contributed by atoms with Gasteiger partial charge in [0.2, 0.25) is 5.91 Å². The Morgan fingerprint density at radius 3 is 2.82 bits per heavy atom. The quantitative estimate of drug-likeness (QED) is 0.878. The second-order valence-electron chi connectivity index (χ2n) is 4.18. The van der Waals surface area contributed by atoms with Gasteiger partial charge in [0.1, 0.15) is 0 Å². The van der Waals surface area contributed by atoms with Crippen LogP contribution in [-0.4, -0.2) is 11.9 Å². The number of nitrogens with one attached hydrogen (secondary N) is 1. The molecule has 0 spiro atoms. The van der Waals surface area contributed by atoms with E-state index in [0.29, 0.717) is 0 Å². The van der Waals surface area contributed by atoms with Gasteiger partial charge in [0.25, 0.3) is 0 Å². The lowest BCUT2D eigenvalue weighted by Crippen LogP contribution is -2.41. The third kappa shape index (κ3) is 4.48. The summed E-state index contributed by atoms with van der Waals surface area (Å²) in [6, 6.07) is 7.46. The average molecular weight is 299 g/mol. The number of carbonyl (C=O) groups excluding carboxylic acids is 1. The topological polar surface area (TPSA) is 55.1 Å². The second-order valence-corrected chi connectivity index (χ2v) is 5.10. The van der Waals surface area contributed by atoms with E-state index in [-0.39, 0.29) is 11.9 Å². The van der Waals surface area contributed by atoms with Crippen molar-refractivity contribution >= 4 is 21.8 Å². The third-order valence-electron chi connectivity index (χ3n) is 2.64. The van der Waals surface area contributed by atoms with Crippen molar-refractivity contribution in [2.24, 2.45) is 5.73 Å². The number of hydrogen-bond donors (Lipinski definition) is 2. The highest BCUT2D eigenvalue weighted by Gasteiger charge is 2.15. The Hall–Kier alpha value is -0.870. The highest BCUT2D eigenvalue weighted by Crippen LogP contribution is 2.17. The van der Waals surface area contributed by atoms with Crippen molar-refractivity contribution in [3.8, 4) is 0 Å². The van der Waals surface area contributed by atoms with Gasteiger partial charge in [0, 0.05) is 4.47 Å². The number of benzene rings is 1. The van der Waals surface area contributed by atoms with E-state index in [1.807, 2.05) is 38.1 Å². The van der Waals surface area contributed by atoms with E-state index in [0.717, 1.165) is 22.9 Å². The molecule has 1 rings (SSSR count). The van der Waals surface area contributed by atoms with E-state index in [4.69, 9.17) is 5.73 Å². The first-order chi connectivity index (χ1) is 8.04. The van der Waals surface area contributed by atoms with Crippen molar-refractivity contribution in [1.29, 1.82) is 0 Å². The van der Waals surface area contributed by atoms with Crippen molar-refractivity contribution in [2.45, 2.75) is 38.8 Å². The molecule has 3 nitrogen and oxygen atoms in total. The fourth-order valence-electron chi connectivity index (χ4n) is 1.62. The molecule has 0 aliphatic carbocycles. The lowest BCUT2D eigenvalue weighted by Gasteiger charge is -2.17. The van der Waals surface area contributed by atoms with Crippen LogP contribution in [0.2, 0.25) is 0 Å². The van der Waals surface area contributed by atoms with Crippen LogP contribution in [0.5, 0.6) is 0 Å². The minimum absolute atomic E-state index is 0.0251. The summed E-state index contributed by atoms with van der Waals surface area (Å²) in [7, 11) is 0. The Labute approximate surface area is 111 Å². The second kappa shape index (κ2) is 6.77. The number of amides is 1. The normalized spacial score (nSPS) is 14.1. The molecule has 1 amide bonds. The van der Waals surface area contributed by atoms with Gasteiger partial charge in [-0.15, -0.1) is 0 Å². The minimum atomic E-state index is -0.408. The maximum Gasteiger partial charge on any atom is 0.237 e. The molecule has 2 atom stereocenters. The SMILES string of the molecule is CCCC(N)C(=O)N[C@@H](C)c1cccc(Br)c1. The van der Waals surface area contributed by atoms with Gasteiger partial charge in [-0.05, 0) is 31.0 Å². The monoisotopic (exact) mass is 298 g/mol. The molecule has 0 radical (unpaired) electrons. The lowest BCUT2D eigenvalue weighted by atomic mass is 10.1. The first-order valence-electron chi connectivity index (χ1n) is 5.86. The standard InChI is InChI=1S/C13H19BrN2O/c1-3-5-12(15)13(17)16-9(2)10-6-4-7-11(14)8-10/h4,6-9,12H,3,5,15H2,1-2H3,(H,16,17)/t9-,12?/m0/s1. The van der Waals surface area contributed by atoms with Crippen LogP contribution in [-0.2, 0) is 4.79 Å². The number of rotatable bonds is 5. The molecule has 1 aromatic rings.